The Kier molecular flexibility index (Phi) is 2.82. The Labute approximate surface area is 133 Å². The summed E-state index contributed by atoms with van der Waals surface area (Å²) in [6.07, 6.45) is 14.0. The van der Waals surface area contributed by atoms with E-state index < -0.39 is 5.66 Å². The fourth-order valence-electron chi connectivity index (χ4n) is 5.93. The number of hydrogen-bond donors (Lipinski definition) is 3. The molecule has 4 rings (SSSR count). The van der Waals surface area contributed by atoms with E-state index in [4.69, 9.17) is 11.5 Å². The summed E-state index contributed by atoms with van der Waals surface area (Å²) >= 11 is 0. The maximum Gasteiger partial charge on any atom is 0.102 e. The zero-order valence-corrected chi connectivity index (χ0v) is 13.7. The first-order chi connectivity index (χ1) is 10.3. The zero-order valence-electron chi connectivity index (χ0n) is 13.7. The number of rotatable bonds is 0. The van der Waals surface area contributed by atoms with E-state index in [1.807, 2.05) is 6.08 Å². The normalized spacial score (nSPS) is 48.8. The fraction of sp³-hybridized carbons (Fsp3) is 0.684. The molecule has 0 amide bonds. The second kappa shape index (κ2) is 4.27. The van der Waals surface area contributed by atoms with Crippen molar-refractivity contribution in [3.05, 3.63) is 35.6 Å². The molecule has 0 saturated heterocycles. The minimum atomic E-state index is -0.780. The van der Waals surface area contributed by atoms with Crippen LogP contribution in [0.15, 0.2) is 35.6 Å². The molecule has 3 unspecified atom stereocenters. The Hall–Kier alpha value is -1.06. The van der Waals surface area contributed by atoms with Crippen LogP contribution in [0, 0.1) is 28.6 Å². The van der Waals surface area contributed by atoms with Gasteiger partial charge >= 0.3 is 0 Å². The minimum Gasteiger partial charge on any atom is -0.512 e. The van der Waals surface area contributed by atoms with E-state index in [2.05, 4.69) is 32.1 Å². The summed E-state index contributed by atoms with van der Waals surface area (Å²) in [6, 6.07) is 0. The molecule has 0 heterocycles. The highest BCUT2D eigenvalue weighted by molar-refractivity contribution is 5.37. The van der Waals surface area contributed by atoms with Crippen molar-refractivity contribution in [2.45, 2.75) is 51.6 Å². The maximum atomic E-state index is 10.3. The molecule has 3 nitrogen and oxygen atoms in total. The summed E-state index contributed by atoms with van der Waals surface area (Å²) in [5, 5.41) is 10.3. The molecule has 0 bridgehead atoms. The Morgan fingerprint density at radius 2 is 1.91 bits per heavy atom. The predicted octanol–water partition coefficient (Wildman–Crippen LogP) is 3.39. The monoisotopic (exact) mass is 300 g/mol. The first-order valence-electron chi connectivity index (χ1n) is 8.66. The second-order valence-corrected chi connectivity index (χ2v) is 8.48. The molecular formula is C19H28N2O. The lowest BCUT2D eigenvalue weighted by Gasteiger charge is -2.56. The van der Waals surface area contributed by atoms with Crippen molar-refractivity contribution in [3.63, 3.8) is 0 Å². The molecule has 0 aromatic carbocycles. The molecule has 2 saturated carbocycles. The Morgan fingerprint density at radius 3 is 2.68 bits per heavy atom. The van der Waals surface area contributed by atoms with Crippen LogP contribution < -0.4 is 11.5 Å². The van der Waals surface area contributed by atoms with Crippen LogP contribution in [0.5, 0.6) is 0 Å². The number of nitrogens with two attached hydrogens (primary N) is 2. The van der Waals surface area contributed by atoms with E-state index in [1.54, 1.807) is 0 Å². The van der Waals surface area contributed by atoms with E-state index in [1.165, 1.54) is 18.4 Å². The summed E-state index contributed by atoms with van der Waals surface area (Å²) in [4.78, 5) is 0. The number of aliphatic hydroxyl groups is 1. The molecule has 3 heteroatoms. The summed E-state index contributed by atoms with van der Waals surface area (Å²) in [6.45, 7) is 4.63. The lowest BCUT2D eigenvalue weighted by Crippen LogP contribution is -2.53. The highest BCUT2D eigenvalue weighted by atomic mass is 16.3. The standard InChI is InChI=1S/C19H28N2O/c1-17-9-10-19(20,21)11-12(17)3-4-13-14-5-6-16(22)18(14,2)8-7-15(13)17/h6,9-11,13-15,22H,3-5,7-8,20-21H2,1-2H3/t13?,14?,15?,17-,18-/m0/s1. The van der Waals surface area contributed by atoms with Crippen molar-refractivity contribution in [1.29, 1.82) is 0 Å². The molecule has 4 aliphatic rings. The molecular weight excluding hydrogens is 272 g/mol. The van der Waals surface area contributed by atoms with E-state index in [-0.39, 0.29) is 10.8 Å². The van der Waals surface area contributed by atoms with Gasteiger partial charge in [0.05, 0.1) is 5.76 Å². The van der Waals surface area contributed by atoms with Crippen LogP contribution in [-0.2, 0) is 0 Å². The SMILES string of the molecule is C[C@]12C=CC(N)(N)C=C1CCC1C2CC[C@]2(C)C(O)=CCC12. The Balaban J connectivity index is 1.70. The van der Waals surface area contributed by atoms with Crippen molar-refractivity contribution in [1.82, 2.24) is 0 Å². The molecule has 22 heavy (non-hydrogen) atoms. The van der Waals surface area contributed by atoms with Crippen molar-refractivity contribution >= 4 is 0 Å². The Bertz CT molecular complexity index is 603. The van der Waals surface area contributed by atoms with E-state index in [0.717, 1.165) is 19.3 Å². The highest BCUT2D eigenvalue weighted by Crippen LogP contribution is 2.64. The van der Waals surface area contributed by atoms with Crippen LogP contribution in [-0.4, -0.2) is 10.8 Å². The molecule has 0 aromatic heterocycles. The number of aliphatic hydroxyl groups excluding tert-OH is 1. The zero-order chi connectivity index (χ0) is 15.8. The third-order valence-electron chi connectivity index (χ3n) is 7.33. The molecule has 0 spiro atoms. The Morgan fingerprint density at radius 1 is 1.14 bits per heavy atom. The molecule has 0 aliphatic heterocycles. The average molecular weight is 300 g/mol. The van der Waals surface area contributed by atoms with Crippen LogP contribution in [0.2, 0.25) is 0 Å². The number of hydrogen-bond acceptors (Lipinski definition) is 3. The smallest absolute Gasteiger partial charge is 0.102 e. The van der Waals surface area contributed by atoms with Gasteiger partial charge in [-0.1, -0.05) is 25.5 Å². The maximum absolute atomic E-state index is 10.3. The van der Waals surface area contributed by atoms with Gasteiger partial charge in [0.15, 0.2) is 0 Å². The third-order valence-corrected chi connectivity index (χ3v) is 7.33. The van der Waals surface area contributed by atoms with E-state index in [0.29, 0.717) is 23.5 Å². The van der Waals surface area contributed by atoms with Gasteiger partial charge in [-0.15, -0.1) is 0 Å². The van der Waals surface area contributed by atoms with Gasteiger partial charge in [0, 0.05) is 10.8 Å². The summed E-state index contributed by atoms with van der Waals surface area (Å²) in [5.41, 5.74) is 13.0. The van der Waals surface area contributed by atoms with Crippen molar-refractivity contribution < 1.29 is 5.11 Å². The van der Waals surface area contributed by atoms with Crippen LogP contribution in [0.1, 0.15) is 46.0 Å². The molecule has 4 aliphatic carbocycles. The first-order valence-corrected chi connectivity index (χ1v) is 8.66. The highest BCUT2D eigenvalue weighted by Gasteiger charge is 2.56. The van der Waals surface area contributed by atoms with Gasteiger partial charge in [0.2, 0.25) is 0 Å². The fourth-order valence-corrected chi connectivity index (χ4v) is 5.93. The molecule has 0 radical (unpaired) electrons. The summed E-state index contributed by atoms with van der Waals surface area (Å²) in [7, 11) is 0. The molecule has 0 aromatic rings. The molecule has 5 N–H and O–H groups in total. The average Bonchev–Trinajstić information content (AvgIpc) is 2.76. The van der Waals surface area contributed by atoms with Crippen molar-refractivity contribution in [3.8, 4) is 0 Å². The third kappa shape index (κ3) is 1.75. The van der Waals surface area contributed by atoms with Gasteiger partial charge in [0.25, 0.3) is 0 Å². The van der Waals surface area contributed by atoms with Crippen LogP contribution in [0.3, 0.4) is 0 Å². The van der Waals surface area contributed by atoms with Gasteiger partial charge in [0.1, 0.15) is 5.66 Å². The lowest BCUT2D eigenvalue weighted by molar-refractivity contribution is -0.0207. The van der Waals surface area contributed by atoms with E-state index >= 15 is 0 Å². The minimum absolute atomic E-state index is 0.0165. The summed E-state index contributed by atoms with van der Waals surface area (Å²) in [5.74, 6) is 2.58. The predicted molar refractivity (Wildman–Crippen MR) is 88.8 cm³/mol. The van der Waals surface area contributed by atoms with Gasteiger partial charge in [-0.3, -0.25) is 0 Å². The quantitative estimate of drug-likeness (QED) is 0.474. The van der Waals surface area contributed by atoms with Gasteiger partial charge in [-0.25, -0.2) is 0 Å². The second-order valence-electron chi connectivity index (χ2n) is 8.48. The largest absolute Gasteiger partial charge is 0.512 e. The summed E-state index contributed by atoms with van der Waals surface area (Å²) < 4.78 is 0. The van der Waals surface area contributed by atoms with Crippen molar-refractivity contribution in [2.24, 2.45) is 40.1 Å². The first kappa shape index (κ1) is 14.5. The van der Waals surface area contributed by atoms with Crippen LogP contribution >= 0.6 is 0 Å². The van der Waals surface area contributed by atoms with Gasteiger partial charge in [-0.05, 0) is 68.1 Å². The topological polar surface area (TPSA) is 72.3 Å². The number of allylic oxidation sites excluding steroid dienone is 4. The molecule has 120 valence electrons. The van der Waals surface area contributed by atoms with Crippen LogP contribution in [0.4, 0.5) is 0 Å². The van der Waals surface area contributed by atoms with Crippen LogP contribution in [0.25, 0.3) is 0 Å². The van der Waals surface area contributed by atoms with Gasteiger partial charge in [-0.2, -0.15) is 0 Å². The lowest BCUT2D eigenvalue weighted by atomic mass is 9.48. The molecule has 5 atom stereocenters. The van der Waals surface area contributed by atoms with Gasteiger partial charge < -0.3 is 16.6 Å². The molecule has 2 fully saturated rings. The number of fused-ring (bicyclic) bond motifs is 5. The van der Waals surface area contributed by atoms with E-state index in [9.17, 15) is 5.11 Å². The van der Waals surface area contributed by atoms with Crippen molar-refractivity contribution in [2.75, 3.05) is 0 Å².